The highest BCUT2D eigenvalue weighted by Gasteiger charge is 2.23. The molecule has 2 aromatic heterocycles. The Bertz CT molecular complexity index is 784. The summed E-state index contributed by atoms with van der Waals surface area (Å²) in [7, 11) is 0. The van der Waals surface area contributed by atoms with E-state index in [0.717, 1.165) is 17.2 Å². The van der Waals surface area contributed by atoms with Crippen LogP contribution in [0.15, 0.2) is 54.2 Å². The van der Waals surface area contributed by atoms with Crippen LogP contribution in [-0.2, 0) is 0 Å². The number of fused-ring (bicyclic) bond motifs is 1. The van der Waals surface area contributed by atoms with Crippen LogP contribution < -0.4 is 5.32 Å². The zero-order valence-electron chi connectivity index (χ0n) is 11.5. The summed E-state index contributed by atoms with van der Waals surface area (Å²) in [6.45, 7) is 2.09. The molecule has 3 heterocycles. The lowest BCUT2D eigenvalue weighted by Crippen LogP contribution is -2.19. The number of hydrogen-bond donors (Lipinski definition) is 1. The molecule has 0 aliphatic carbocycles. The molecule has 21 heavy (non-hydrogen) atoms. The Morgan fingerprint density at radius 3 is 2.81 bits per heavy atom. The Kier molecular flexibility index (Phi) is 2.86. The number of allylic oxidation sites excluding steroid dienone is 1. The van der Waals surface area contributed by atoms with Gasteiger partial charge >= 0.3 is 0 Å². The lowest BCUT2D eigenvalue weighted by atomic mass is 10.1. The summed E-state index contributed by atoms with van der Waals surface area (Å²) in [6, 6.07) is 12.8. The van der Waals surface area contributed by atoms with E-state index in [-0.39, 0.29) is 6.04 Å². The van der Waals surface area contributed by atoms with Gasteiger partial charge in [-0.05, 0) is 30.0 Å². The van der Waals surface area contributed by atoms with Gasteiger partial charge in [-0.1, -0.05) is 35.9 Å². The van der Waals surface area contributed by atoms with Crippen LogP contribution in [0.1, 0.15) is 22.0 Å². The summed E-state index contributed by atoms with van der Waals surface area (Å²) < 4.78 is 1.92. The van der Waals surface area contributed by atoms with Gasteiger partial charge < -0.3 is 5.32 Å². The van der Waals surface area contributed by atoms with Gasteiger partial charge in [-0.2, -0.15) is 10.1 Å². The Morgan fingerprint density at radius 2 is 2.05 bits per heavy atom. The van der Waals surface area contributed by atoms with E-state index in [0.29, 0.717) is 0 Å². The van der Waals surface area contributed by atoms with Gasteiger partial charge in [0.2, 0.25) is 5.95 Å². The van der Waals surface area contributed by atoms with Crippen LogP contribution >= 0.6 is 11.3 Å². The average Bonchev–Trinajstić information content (AvgIpc) is 3.18. The molecule has 0 amide bonds. The number of benzene rings is 1. The number of nitrogens with zero attached hydrogens (tertiary/aromatic N) is 3. The van der Waals surface area contributed by atoms with Crippen LogP contribution in [-0.4, -0.2) is 14.8 Å². The number of rotatable bonds is 2. The van der Waals surface area contributed by atoms with E-state index in [2.05, 4.69) is 70.2 Å². The van der Waals surface area contributed by atoms with E-state index >= 15 is 0 Å². The maximum atomic E-state index is 4.34. The summed E-state index contributed by atoms with van der Waals surface area (Å²) in [4.78, 5) is 5.57. The van der Waals surface area contributed by atoms with Gasteiger partial charge in [0.05, 0.1) is 0 Å². The molecule has 0 unspecified atom stereocenters. The van der Waals surface area contributed by atoms with Crippen molar-refractivity contribution >= 4 is 23.0 Å². The normalized spacial score (nSPS) is 17.0. The van der Waals surface area contributed by atoms with E-state index < -0.39 is 0 Å². The fourth-order valence-corrected chi connectivity index (χ4v) is 3.28. The fourth-order valence-electron chi connectivity index (χ4n) is 2.50. The third-order valence-corrected chi connectivity index (χ3v) is 4.55. The minimum Gasteiger partial charge on any atom is -0.324 e. The minimum absolute atomic E-state index is 0.0973. The largest absolute Gasteiger partial charge is 0.324 e. The van der Waals surface area contributed by atoms with E-state index in [9.17, 15) is 0 Å². The zero-order valence-corrected chi connectivity index (χ0v) is 12.3. The van der Waals surface area contributed by atoms with E-state index in [1.807, 2.05) is 4.68 Å². The second kappa shape index (κ2) is 4.86. The predicted octanol–water partition coefficient (Wildman–Crippen LogP) is 3.70. The number of thiophene rings is 1. The van der Waals surface area contributed by atoms with Crippen molar-refractivity contribution in [2.45, 2.75) is 13.0 Å². The minimum atomic E-state index is 0.0973. The van der Waals surface area contributed by atoms with Crippen LogP contribution in [0, 0.1) is 6.92 Å². The zero-order chi connectivity index (χ0) is 14.2. The molecule has 1 aliphatic heterocycles. The van der Waals surface area contributed by atoms with Crippen molar-refractivity contribution in [1.29, 1.82) is 0 Å². The molecule has 0 spiro atoms. The summed E-state index contributed by atoms with van der Waals surface area (Å²) in [5.41, 5.74) is 3.50. The Labute approximate surface area is 126 Å². The van der Waals surface area contributed by atoms with Crippen LogP contribution in [0.25, 0.3) is 5.70 Å². The number of aryl methyl sites for hydroxylation is 1. The summed E-state index contributed by atoms with van der Waals surface area (Å²) in [5.74, 6) is 0.784. The molecule has 104 valence electrons. The Morgan fingerprint density at radius 1 is 1.19 bits per heavy atom. The standard InChI is InChI=1S/C16H14N4S/c1-11-4-6-12(7-5-11)13-9-14(15-3-2-8-21-15)20-16(19-13)17-10-18-20/h2-10,14H,1H3,(H,17,18,19)/t14-/m1/s1. The molecule has 4 nitrogen and oxygen atoms in total. The topological polar surface area (TPSA) is 42.7 Å². The molecule has 1 aliphatic rings. The van der Waals surface area contributed by atoms with Crippen molar-refractivity contribution in [3.8, 4) is 0 Å². The highest BCUT2D eigenvalue weighted by Crippen LogP contribution is 2.33. The molecule has 0 radical (unpaired) electrons. The van der Waals surface area contributed by atoms with Gasteiger partial charge in [-0.25, -0.2) is 4.68 Å². The summed E-state index contributed by atoms with van der Waals surface area (Å²) in [6.07, 6.45) is 3.80. The van der Waals surface area contributed by atoms with Crippen molar-refractivity contribution < 1.29 is 0 Å². The molecule has 1 atom stereocenters. The first-order valence-electron chi connectivity index (χ1n) is 6.80. The fraction of sp³-hybridized carbons (Fsp3) is 0.125. The highest BCUT2D eigenvalue weighted by molar-refractivity contribution is 7.10. The van der Waals surface area contributed by atoms with E-state index in [4.69, 9.17) is 0 Å². The highest BCUT2D eigenvalue weighted by atomic mass is 32.1. The van der Waals surface area contributed by atoms with E-state index in [1.54, 1.807) is 17.7 Å². The quantitative estimate of drug-likeness (QED) is 0.783. The first kappa shape index (κ1) is 12.3. The average molecular weight is 294 g/mol. The molecule has 5 heteroatoms. The summed E-state index contributed by atoms with van der Waals surface area (Å²) in [5, 5.41) is 9.79. The summed E-state index contributed by atoms with van der Waals surface area (Å²) >= 11 is 1.74. The second-order valence-electron chi connectivity index (χ2n) is 5.06. The molecular weight excluding hydrogens is 280 g/mol. The molecule has 4 rings (SSSR count). The molecule has 0 saturated heterocycles. The Balaban J connectivity index is 1.80. The molecule has 0 bridgehead atoms. The monoisotopic (exact) mass is 294 g/mol. The van der Waals surface area contributed by atoms with Crippen molar-refractivity contribution in [3.63, 3.8) is 0 Å². The third-order valence-electron chi connectivity index (χ3n) is 3.60. The number of nitrogens with one attached hydrogen (secondary N) is 1. The maximum Gasteiger partial charge on any atom is 0.226 e. The third kappa shape index (κ3) is 2.15. The predicted molar refractivity (Wildman–Crippen MR) is 85.3 cm³/mol. The SMILES string of the molecule is Cc1ccc(C2=C[C@H](c3cccs3)n3ncnc3N2)cc1. The van der Waals surface area contributed by atoms with E-state index in [1.165, 1.54) is 10.4 Å². The van der Waals surface area contributed by atoms with Crippen LogP contribution in [0.3, 0.4) is 0 Å². The smallest absolute Gasteiger partial charge is 0.226 e. The number of anilines is 1. The van der Waals surface area contributed by atoms with Crippen LogP contribution in [0.4, 0.5) is 5.95 Å². The molecule has 1 N–H and O–H groups in total. The van der Waals surface area contributed by atoms with Gasteiger partial charge in [0.15, 0.2) is 0 Å². The maximum absolute atomic E-state index is 4.34. The Hall–Kier alpha value is -2.40. The van der Waals surface area contributed by atoms with Crippen molar-refractivity contribution in [3.05, 3.63) is 70.2 Å². The number of aromatic nitrogens is 3. The van der Waals surface area contributed by atoms with Gasteiger partial charge in [0, 0.05) is 10.6 Å². The lowest BCUT2D eigenvalue weighted by Gasteiger charge is -2.23. The van der Waals surface area contributed by atoms with Crippen molar-refractivity contribution in [2.75, 3.05) is 5.32 Å². The molecule has 3 aromatic rings. The lowest BCUT2D eigenvalue weighted by molar-refractivity contribution is 0.620. The molecular formula is C16H14N4S. The van der Waals surface area contributed by atoms with Gasteiger partial charge in [-0.15, -0.1) is 11.3 Å². The van der Waals surface area contributed by atoms with Gasteiger partial charge in [0.1, 0.15) is 12.4 Å². The van der Waals surface area contributed by atoms with Crippen LogP contribution in [0.5, 0.6) is 0 Å². The van der Waals surface area contributed by atoms with Crippen LogP contribution in [0.2, 0.25) is 0 Å². The first-order chi connectivity index (χ1) is 10.3. The van der Waals surface area contributed by atoms with Crippen molar-refractivity contribution in [2.24, 2.45) is 0 Å². The second-order valence-corrected chi connectivity index (χ2v) is 6.04. The first-order valence-corrected chi connectivity index (χ1v) is 7.68. The van der Waals surface area contributed by atoms with Crippen molar-refractivity contribution in [1.82, 2.24) is 14.8 Å². The molecule has 1 aromatic carbocycles. The van der Waals surface area contributed by atoms with Gasteiger partial charge in [0.25, 0.3) is 0 Å². The van der Waals surface area contributed by atoms with Gasteiger partial charge in [-0.3, -0.25) is 0 Å². The number of hydrogen-bond acceptors (Lipinski definition) is 4. The molecule has 0 fully saturated rings. The molecule has 0 saturated carbocycles.